The van der Waals surface area contributed by atoms with Gasteiger partial charge in [-0.3, -0.25) is 9.59 Å². The number of carbonyl (C=O) groups is 2. The maximum atomic E-state index is 11.9. The molecular formula is C13H24N2O3. The molecule has 2 amide bonds. The first-order valence-electron chi connectivity index (χ1n) is 6.78. The molecule has 2 atom stereocenters. The molecule has 18 heavy (non-hydrogen) atoms. The van der Waals surface area contributed by atoms with E-state index in [-0.39, 0.29) is 17.7 Å². The van der Waals surface area contributed by atoms with Gasteiger partial charge in [0, 0.05) is 26.1 Å². The third kappa shape index (κ3) is 4.64. The highest BCUT2D eigenvalue weighted by atomic mass is 16.3. The van der Waals surface area contributed by atoms with Gasteiger partial charge in [0.15, 0.2) is 0 Å². The Hall–Kier alpha value is -1.10. The third-order valence-electron chi connectivity index (χ3n) is 3.31. The summed E-state index contributed by atoms with van der Waals surface area (Å²) >= 11 is 0. The topological polar surface area (TPSA) is 69.6 Å². The molecule has 0 aromatic rings. The van der Waals surface area contributed by atoms with E-state index < -0.39 is 6.10 Å². The summed E-state index contributed by atoms with van der Waals surface area (Å²) in [6.07, 6.45) is 2.40. The van der Waals surface area contributed by atoms with Gasteiger partial charge in [-0.15, -0.1) is 0 Å². The van der Waals surface area contributed by atoms with E-state index in [0.717, 1.165) is 19.4 Å². The number of amides is 2. The Kier molecular flexibility index (Phi) is 6.12. The number of likely N-dealkylation sites (tertiary alicyclic amines) is 1. The Morgan fingerprint density at radius 2 is 2.22 bits per heavy atom. The van der Waals surface area contributed by atoms with Gasteiger partial charge in [-0.1, -0.05) is 6.92 Å². The Morgan fingerprint density at radius 3 is 2.83 bits per heavy atom. The molecule has 2 unspecified atom stereocenters. The minimum atomic E-state index is -0.394. The lowest BCUT2D eigenvalue weighted by atomic mass is 9.97. The normalized spacial score (nSPS) is 21.5. The fraction of sp³-hybridized carbons (Fsp3) is 0.846. The molecule has 1 saturated heterocycles. The molecule has 5 nitrogen and oxygen atoms in total. The molecule has 0 aliphatic carbocycles. The summed E-state index contributed by atoms with van der Waals surface area (Å²) in [5.74, 6) is 0.0315. The van der Waals surface area contributed by atoms with Gasteiger partial charge in [-0.05, 0) is 26.2 Å². The van der Waals surface area contributed by atoms with Crippen molar-refractivity contribution in [1.82, 2.24) is 10.2 Å². The van der Waals surface area contributed by atoms with Crippen molar-refractivity contribution in [2.24, 2.45) is 5.92 Å². The zero-order chi connectivity index (χ0) is 13.5. The minimum absolute atomic E-state index is 0.00394. The van der Waals surface area contributed by atoms with Gasteiger partial charge in [0.05, 0.1) is 12.0 Å². The summed E-state index contributed by atoms with van der Waals surface area (Å²) in [5, 5.41) is 11.9. The number of carbonyl (C=O) groups excluding carboxylic acids is 2. The predicted molar refractivity (Wildman–Crippen MR) is 68.9 cm³/mol. The fourth-order valence-corrected chi connectivity index (χ4v) is 2.19. The van der Waals surface area contributed by atoms with Crippen molar-refractivity contribution in [3.8, 4) is 0 Å². The number of aliphatic hydroxyl groups excluding tert-OH is 1. The largest absolute Gasteiger partial charge is 0.393 e. The van der Waals surface area contributed by atoms with Gasteiger partial charge in [0.25, 0.3) is 0 Å². The average Bonchev–Trinajstić information content (AvgIpc) is 2.37. The maximum absolute atomic E-state index is 11.9. The first-order valence-corrected chi connectivity index (χ1v) is 6.78. The summed E-state index contributed by atoms with van der Waals surface area (Å²) in [7, 11) is 0. The van der Waals surface area contributed by atoms with Crippen LogP contribution >= 0.6 is 0 Å². The van der Waals surface area contributed by atoms with E-state index >= 15 is 0 Å². The van der Waals surface area contributed by atoms with E-state index in [1.807, 2.05) is 6.92 Å². The SMILES string of the molecule is CCC(=O)N1CCCC(C(=O)NCCC(C)O)C1. The van der Waals surface area contributed by atoms with E-state index in [0.29, 0.717) is 25.9 Å². The van der Waals surface area contributed by atoms with E-state index in [1.54, 1.807) is 11.8 Å². The quantitative estimate of drug-likeness (QED) is 0.753. The summed E-state index contributed by atoms with van der Waals surface area (Å²) in [6.45, 7) is 5.34. The average molecular weight is 256 g/mol. The number of aliphatic hydroxyl groups is 1. The van der Waals surface area contributed by atoms with E-state index in [9.17, 15) is 9.59 Å². The zero-order valence-corrected chi connectivity index (χ0v) is 11.3. The van der Waals surface area contributed by atoms with Crippen LogP contribution in [0, 0.1) is 5.92 Å². The van der Waals surface area contributed by atoms with Crippen molar-refractivity contribution >= 4 is 11.8 Å². The van der Waals surface area contributed by atoms with Crippen LogP contribution in [0.2, 0.25) is 0 Å². The number of hydrogen-bond donors (Lipinski definition) is 2. The monoisotopic (exact) mass is 256 g/mol. The molecule has 1 rings (SSSR count). The van der Waals surface area contributed by atoms with Gasteiger partial charge in [-0.2, -0.15) is 0 Å². The van der Waals surface area contributed by atoms with Gasteiger partial charge in [0.2, 0.25) is 11.8 Å². The second kappa shape index (κ2) is 7.36. The number of nitrogens with zero attached hydrogens (tertiary/aromatic N) is 1. The van der Waals surface area contributed by atoms with Gasteiger partial charge in [-0.25, -0.2) is 0 Å². The van der Waals surface area contributed by atoms with Crippen molar-refractivity contribution in [2.45, 2.75) is 45.6 Å². The molecule has 1 aliphatic heterocycles. The van der Waals surface area contributed by atoms with Crippen molar-refractivity contribution < 1.29 is 14.7 Å². The van der Waals surface area contributed by atoms with Crippen molar-refractivity contribution in [3.63, 3.8) is 0 Å². The molecule has 0 saturated carbocycles. The Labute approximate surface area is 109 Å². The first kappa shape index (κ1) is 15.0. The number of nitrogens with one attached hydrogen (secondary N) is 1. The highest BCUT2D eigenvalue weighted by molar-refractivity contribution is 5.81. The molecule has 5 heteroatoms. The number of rotatable bonds is 5. The van der Waals surface area contributed by atoms with Crippen LogP contribution in [0.4, 0.5) is 0 Å². The molecule has 104 valence electrons. The molecule has 1 heterocycles. The van der Waals surface area contributed by atoms with E-state index in [1.165, 1.54) is 0 Å². The molecule has 1 aliphatic rings. The van der Waals surface area contributed by atoms with Crippen LogP contribution in [0.1, 0.15) is 39.5 Å². The third-order valence-corrected chi connectivity index (χ3v) is 3.31. The maximum Gasteiger partial charge on any atom is 0.224 e. The summed E-state index contributed by atoms with van der Waals surface area (Å²) in [5.41, 5.74) is 0. The smallest absolute Gasteiger partial charge is 0.224 e. The van der Waals surface area contributed by atoms with Crippen LogP contribution in [0.5, 0.6) is 0 Å². The lowest BCUT2D eigenvalue weighted by Crippen LogP contribution is -2.45. The molecule has 0 aromatic carbocycles. The molecule has 0 bridgehead atoms. The zero-order valence-electron chi connectivity index (χ0n) is 11.3. The summed E-state index contributed by atoms with van der Waals surface area (Å²) in [6, 6.07) is 0. The second-order valence-corrected chi connectivity index (χ2v) is 4.96. The van der Waals surface area contributed by atoms with Crippen molar-refractivity contribution in [2.75, 3.05) is 19.6 Å². The highest BCUT2D eigenvalue weighted by Gasteiger charge is 2.27. The van der Waals surface area contributed by atoms with E-state index in [2.05, 4.69) is 5.32 Å². The van der Waals surface area contributed by atoms with Crippen LogP contribution in [0.3, 0.4) is 0 Å². The molecule has 0 radical (unpaired) electrons. The fourth-order valence-electron chi connectivity index (χ4n) is 2.19. The Bertz CT molecular complexity index is 292. The van der Waals surface area contributed by atoms with Crippen LogP contribution in [-0.2, 0) is 9.59 Å². The van der Waals surface area contributed by atoms with Crippen molar-refractivity contribution in [1.29, 1.82) is 0 Å². The first-order chi connectivity index (χ1) is 8.54. The second-order valence-electron chi connectivity index (χ2n) is 4.96. The lowest BCUT2D eigenvalue weighted by molar-refractivity contribution is -0.135. The van der Waals surface area contributed by atoms with E-state index in [4.69, 9.17) is 5.11 Å². The van der Waals surface area contributed by atoms with Crippen LogP contribution < -0.4 is 5.32 Å². The van der Waals surface area contributed by atoms with Crippen LogP contribution in [-0.4, -0.2) is 47.6 Å². The van der Waals surface area contributed by atoms with Crippen molar-refractivity contribution in [3.05, 3.63) is 0 Å². The Balaban J connectivity index is 2.36. The molecule has 0 aromatic heterocycles. The highest BCUT2D eigenvalue weighted by Crippen LogP contribution is 2.17. The predicted octanol–water partition coefficient (Wildman–Crippen LogP) is 0.522. The molecular weight excluding hydrogens is 232 g/mol. The number of piperidine rings is 1. The Morgan fingerprint density at radius 1 is 1.50 bits per heavy atom. The summed E-state index contributed by atoms with van der Waals surface area (Å²) < 4.78 is 0. The number of hydrogen-bond acceptors (Lipinski definition) is 3. The van der Waals surface area contributed by atoms with Crippen LogP contribution in [0.25, 0.3) is 0 Å². The lowest BCUT2D eigenvalue weighted by Gasteiger charge is -2.32. The van der Waals surface area contributed by atoms with Gasteiger partial charge in [0.1, 0.15) is 0 Å². The standard InChI is InChI=1S/C13H24N2O3/c1-3-12(17)15-8-4-5-11(9-15)13(18)14-7-6-10(2)16/h10-11,16H,3-9H2,1-2H3,(H,14,18). The molecule has 0 spiro atoms. The van der Waals surface area contributed by atoms with Crippen LogP contribution in [0.15, 0.2) is 0 Å². The summed E-state index contributed by atoms with van der Waals surface area (Å²) in [4.78, 5) is 25.3. The molecule has 2 N–H and O–H groups in total. The minimum Gasteiger partial charge on any atom is -0.393 e. The molecule has 1 fully saturated rings. The van der Waals surface area contributed by atoms with Gasteiger partial charge >= 0.3 is 0 Å². The van der Waals surface area contributed by atoms with Gasteiger partial charge < -0.3 is 15.3 Å².